The third-order valence-corrected chi connectivity index (χ3v) is 4.77. The zero-order chi connectivity index (χ0) is 21.3. The number of hydrogen-bond donors (Lipinski definition) is 2. The number of hydrogen-bond acceptors (Lipinski definition) is 4. The summed E-state index contributed by atoms with van der Waals surface area (Å²) in [5, 5.41) is 1.29. The van der Waals surface area contributed by atoms with Gasteiger partial charge in [-0.2, -0.15) is 14.8 Å². The summed E-state index contributed by atoms with van der Waals surface area (Å²) >= 11 is 0. The molecule has 3 N–H and O–H groups in total. The predicted molar refractivity (Wildman–Crippen MR) is 99.0 cm³/mol. The summed E-state index contributed by atoms with van der Waals surface area (Å²) in [6.45, 7) is 0.326. The van der Waals surface area contributed by atoms with E-state index in [-0.39, 0.29) is 30.3 Å². The lowest BCUT2D eigenvalue weighted by Crippen LogP contribution is -2.40. The van der Waals surface area contributed by atoms with Crippen molar-refractivity contribution in [1.82, 2.24) is 15.3 Å². The van der Waals surface area contributed by atoms with Crippen molar-refractivity contribution >= 4 is 18.2 Å². The van der Waals surface area contributed by atoms with E-state index in [0.29, 0.717) is 18.3 Å². The van der Waals surface area contributed by atoms with Crippen molar-refractivity contribution in [2.75, 3.05) is 20.6 Å². The number of amides is 3. The molecular formula is C19H21F3N5O2+. The first-order valence-corrected chi connectivity index (χ1v) is 8.91. The number of nitrogens with one attached hydrogen (secondary N) is 1. The molecule has 0 saturated carbocycles. The standard InChI is InChI=1S/C19H21F3N5O2/c1-24-25(2)19(29)26-9-11-3-4-27(17(11)10-26)18(28)7-13(23)5-12-6-15(21)16(22)8-14(12)20/h3,6,8-10,13,24H,4-5,7,23H2,1-2H3/q+1/t13-/m1/s1. The largest absolute Gasteiger partial charge is 0.516 e. The topological polar surface area (TPSA) is 81.7 Å². The monoisotopic (exact) mass is 408 g/mol. The van der Waals surface area contributed by atoms with Crippen LogP contribution < -0.4 is 11.2 Å². The molecule has 1 aromatic carbocycles. The molecule has 3 amide bonds. The maximum Gasteiger partial charge on any atom is 0.516 e. The summed E-state index contributed by atoms with van der Waals surface area (Å²) in [5.41, 5.74) is 9.85. The van der Waals surface area contributed by atoms with Gasteiger partial charge in [-0.05, 0) is 18.1 Å². The van der Waals surface area contributed by atoms with E-state index in [0.717, 1.165) is 11.6 Å². The Kier molecular flexibility index (Phi) is 5.85. The molecule has 0 unspecified atom stereocenters. The van der Waals surface area contributed by atoms with Gasteiger partial charge < -0.3 is 10.6 Å². The van der Waals surface area contributed by atoms with Crippen molar-refractivity contribution in [3.05, 3.63) is 58.7 Å². The first-order chi connectivity index (χ1) is 13.7. The number of allylic oxidation sites excluding steroid dienone is 1. The van der Waals surface area contributed by atoms with Gasteiger partial charge in [0.05, 0.1) is 12.7 Å². The Balaban J connectivity index is 1.65. The summed E-state index contributed by atoms with van der Waals surface area (Å²) in [6.07, 6.45) is 4.73. The third kappa shape index (κ3) is 4.22. The molecule has 7 nitrogen and oxygen atoms in total. The molecule has 3 rings (SSSR count). The fourth-order valence-corrected chi connectivity index (χ4v) is 3.16. The fraction of sp³-hybridized carbons (Fsp3) is 0.316. The van der Waals surface area contributed by atoms with Crippen LogP contribution in [-0.4, -0.2) is 59.3 Å². The molecule has 0 saturated heterocycles. The van der Waals surface area contributed by atoms with Crippen LogP contribution in [0.5, 0.6) is 0 Å². The first kappa shape index (κ1) is 20.7. The van der Waals surface area contributed by atoms with Crippen molar-refractivity contribution in [2.45, 2.75) is 18.9 Å². The summed E-state index contributed by atoms with van der Waals surface area (Å²) < 4.78 is 41.5. The minimum absolute atomic E-state index is 0.0928. The number of benzene rings is 1. The van der Waals surface area contributed by atoms with Crippen molar-refractivity contribution < 1.29 is 27.3 Å². The minimum atomic E-state index is -1.28. The molecule has 0 radical (unpaired) electrons. The van der Waals surface area contributed by atoms with Crippen LogP contribution in [0.1, 0.15) is 12.0 Å². The van der Waals surface area contributed by atoms with Crippen LogP contribution in [0.3, 0.4) is 0 Å². The Bertz CT molecular complexity index is 957. The second kappa shape index (κ2) is 8.18. The number of nitrogens with two attached hydrogens (primary N) is 1. The molecule has 0 fully saturated rings. The molecule has 0 aliphatic carbocycles. The highest BCUT2D eigenvalue weighted by Crippen LogP contribution is 2.26. The van der Waals surface area contributed by atoms with Crippen molar-refractivity contribution in [3.63, 3.8) is 0 Å². The van der Waals surface area contributed by atoms with Gasteiger partial charge in [0.2, 0.25) is 5.91 Å². The number of rotatable bonds is 5. The SMILES string of the molecule is CNN(C)C(=O)[N+]1=CC2=CCN(C(=O)C[C@H](N)Cc3cc(F)c(F)cc3F)C2=C1. The molecule has 0 aromatic heterocycles. The van der Waals surface area contributed by atoms with E-state index >= 15 is 0 Å². The molecule has 2 aliphatic heterocycles. The molecule has 1 atom stereocenters. The predicted octanol–water partition coefficient (Wildman–Crippen LogP) is 1.26. The number of carbonyl (C=O) groups is 2. The van der Waals surface area contributed by atoms with Crippen molar-refractivity contribution in [2.24, 2.45) is 5.73 Å². The molecule has 10 heteroatoms. The molecule has 2 heterocycles. The molecule has 0 spiro atoms. The molecule has 29 heavy (non-hydrogen) atoms. The van der Waals surface area contributed by atoms with Crippen LogP contribution in [0.25, 0.3) is 0 Å². The maximum atomic E-state index is 13.8. The molecule has 154 valence electrons. The molecule has 0 bridgehead atoms. The number of halogens is 3. The zero-order valence-corrected chi connectivity index (χ0v) is 16.0. The summed E-state index contributed by atoms with van der Waals surface area (Å²) in [7, 11) is 3.17. The van der Waals surface area contributed by atoms with E-state index in [1.807, 2.05) is 0 Å². The lowest BCUT2D eigenvalue weighted by Gasteiger charge is -2.20. The quantitative estimate of drug-likeness (QED) is 0.437. The highest BCUT2D eigenvalue weighted by Gasteiger charge is 2.34. The van der Waals surface area contributed by atoms with Crippen molar-refractivity contribution in [1.29, 1.82) is 0 Å². The molecule has 2 aliphatic rings. The average molecular weight is 408 g/mol. The summed E-state index contributed by atoms with van der Waals surface area (Å²) in [5.74, 6) is -3.68. The number of hydrazine groups is 1. The average Bonchev–Trinajstić information content (AvgIpc) is 3.25. The van der Waals surface area contributed by atoms with Crippen LogP contribution in [0.2, 0.25) is 0 Å². The molecule has 1 aromatic rings. The van der Waals surface area contributed by atoms with Gasteiger partial charge >= 0.3 is 6.03 Å². The molecular weight excluding hydrogens is 387 g/mol. The Morgan fingerprint density at radius 1 is 1.28 bits per heavy atom. The highest BCUT2D eigenvalue weighted by molar-refractivity contribution is 5.92. The van der Waals surface area contributed by atoms with Gasteiger partial charge in [0.25, 0.3) is 0 Å². The highest BCUT2D eigenvalue weighted by atomic mass is 19.2. The van der Waals surface area contributed by atoms with Crippen LogP contribution in [0.4, 0.5) is 18.0 Å². The number of nitrogens with zero attached hydrogens (tertiary/aromatic N) is 3. The third-order valence-electron chi connectivity index (χ3n) is 4.77. The van der Waals surface area contributed by atoms with E-state index in [9.17, 15) is 22.8 Å². The van der Waals surface area contributed by atoms with E-state index in [1.54, 1.807) is 32.6 Å². The zero-order valence-electron chi connectivity index (χ0n) is 16.0. The van der Waals surface area contributed by atoms with E-state index in [2.05, 4.69) is 5.43 Å². The smallest absolute Gasteiger partial charge is 0.327 e. The lowest BCUT2D eigenvalue weighted by atomic mass is 10.0. The van der Waals surface area contributed by atoms with E-state index in [1.165, 1.54) is 14.5 Å². The fourth-order valence-electron chi connectivity index (χ4n) is 3.16. The second-order valence-electron chi connectivity index (χ2n) is 6.81. The minimum Gasteiger partial charge on any atom is -0.327 e. The van der Waals surface area contributed by atoms with Crippen LogP contribution >= 0.6 is 0 Å². The number of fused-ring (bicyclic) bond motifs is 1. The van der Waals surface area contributed by atoms with Crippen LogP contribution in [0, 0.1) is 17.5 Å². The second-order valence-corrected chi connectivity index (χ2v) is 6.81. The van der Waals surface area contributed by atoms with Gasteiger partial charge in [-0.3, -0.25) is 4.79 Å². The Labute approximate surface area is 165 Å². The normalized spacial score (nSPS) is 16.2. The van der Waals surface area contributed by atoms with Gasteiger partial charge in [-0.1, -0.05) is 6.08 Å². The number of urea groups is 1. The Hall–Kier alpha value is -2.98. The summed E-state index contributed by atoms with van der Waals surface area (Å²) in [6, 6.07) is 0.0991. The lowest BCUT2D eigenvalue weighted by molar-refractivity contribution is -0.354. The maximum absolute atomic E-state index is 13.8. The Morgan fingerprint density at radius 3 is 2.66 bits per heavy atom. The van der Waals surface area contributed by atoms with Gasteiger partial charge in [0.1, 0.15) is 18.2 Å². The van der Waals surface area contributed by atoms with Crippen molar-refractivity contribution in [3.8, 4) is 0 Å². The first-order valence-electron chi connectivity index (χ1n) is 8.91. The van der Waals surface area contributed by atoms with E-state index in [4.69, 9.17) is 5.73 Å². The number of carbonyl (C=O) groups excluding carboxylic acids is 2. The van der Waals surface area contributed by atoms with Gasteiger partial charge in [0.15, 0.2) is 11.6 Å². The van der Waals surface area contributed by atoms with Gasteiger partial charge in [-0.25, -0.2) is 13.2 Å². The van der Waals surface area contributed by atoms with Gasteiger partial charge in [0, 0.05) is 37.7 Å². The summed E-state index contributed by atoms with van der Waals surface area (Å²) in [4.78, 5) is 26.4. The van der Waals surface area contributed by atoms with Gasteiger partial charge in [-0.15, -0.1) is 5.01 Å². The van der Waals surface area contributed by atoms with Crippen LogP contribution in [0.15, 0.2) is 35.7 Å². The Morgan fingerprint density at radius 2 is 1.97 bits per heavy atom. The van der Waals surface area contributed by atoms with E-state index < -0.39 is 23.5 Å². The van der Waals surface area contributed by atoms with Crippen LogP contribution in [-0.2, 0) is 11.2 Å².